The van der Waals surface area contributed by atoms with Crippen LogP contribution in [0.5, 0.6) is 5.75 Å². The predicted molar refractivity (Wildman–Crippen MR) is 92.4 cm³/mol. The average molecular weight is 369 g/mol. The molecule has 0 saturated heterocycles. The van der Waals surface area contributed by atoms with Crippen LogP contribution < -0.4 is 10.1 Å². The topological polar surface area (TPSA) is 98.3 Å². The second kappa shape index (κ2) is 7.71. The average Bonchev–Trinajstić information content (AvgIpc) is 2.96. The van der Waals surface area contributed by atoms with E-state index in [1.54, 1.807) is 31.2 Å². The number of hydrogen-bond donors (Lipinski definition) is 1. The number of carbonyl (C=O) groups is 1. The number of sulfone groups is 1. The fourth-order valence-corrected chi connectivity index (χ4v) is 4.21. The van der Waals surface area contributed by atoms with E-state index >= 15 is 0 Å². The highest BCUT2D eigenvalue weighted by Crippen LogP contribution is 2.22. The number of nitrogens with zero attached hydrogens (tertiary/aromatic N) is 2. The van der Waals surface area contributed by atoms with Crippen molar-refractivity contribution in [2.75, 3.05) is 11.1 Å². The second-order valence-electron chi connectivity index (χ2n) is 5.34. The Balaban J connectivity index is 2.06. The second-order valence-corrected chi connectivity index (χ2v) is 8.60. The van der Waals surface area contributed by atoms with Gasteiger partial charge in [-0.3, -0.25) is 10.1 Å². The largest absolute Gasteiger partial charge is 0.491 e. The zero-order valence-corrected chi connectivity index (χ0v) is 15.3. The van der Waals surface area contributed by atoms with Crippen LogP contribution in [0.4, 0.5) is 5.13 Å². The molecule has 1 amide bonds. The van der Waals surface area contributed by atoms with Crippen LogP contribution in [0.1, 0.15) is 37.6 Å². The van der Waals surface area contributed by atoms with Gasteiger partial charge in [-0.2, -0.15) is 0 Å². The van der Waals surface area contributed by atoms with Crippen LogP contribution in [0.25, 0.3) is 0 Å². The summed E-state index contributed by atoms with van der Waals surface area (Å²) < 4.78 is 29.2. The van der Waals surface area contributed by atoms with Crippen molar-refractivity contribution in [3.8, 4) is 5.75 Å². The van der Waals surface area contributed by atoms with Crippen LogP contribution >= 0.6 is 11.3 Å². The first-order valence-corrected chi connectivity index (χ1v) is 9.93. The highest BCUT2D eigenvalue weighted by molar-refractivity contribution is 7.93. The molecular formula is C15H19N3O4S2. The van der Waals surface area contributed by atoms with E-state index in [4.69, 9.17) is 4.74 Å². The molecule has 0 radical (unpaired) electrons. The highest BCUT2D eigenvalue weighted by Gasteiger charge is 2.20. The van der Waals surface area contributed by atoms with Gasteiger partial charge in [0.2, 0.25) is 19.3 Å². The van der Waals surface area contributed by atoms with Gasteiger partial charge >= 0.3 is 0 Å². The van der Waals surface area contributed by atoms with Crippen molar-refractivity contribution < 1.29 is 17.9 Å². The normalized spacial score (nSPS) is 11.5. The number of amides is 1. The van der Waals surface area contributed by atoms with E-state index in [1.165, 1.54) is 0 Å². The number of aromatic nitrogens is 2. The number of nitrogens with one attached hydrogen (secondary N) is 1. The molecule has 1 N–H and O–H groups in total. The summed E-state index contributed by atoms with van der Waals surface area (Å²) in [6.45, 7) is 5.61. The van der Waals surface area contributed by atoms with Gasteiger partial charge in [0, 0.05) is 5.56 Å². The Morgan fingerprint density at radius 3 is 2.50 bits per heavy atom. The fourth-order valence-electron chi connectivity index (χ4n) is 1.87. The van der Waals surface area contributed by atoms with Crippen molar-refractivity contribution in [2.45, 2.75) is 37.6 Å². The van der Waals surface area contributed by atoms with E-state index in [0.29, 0.717) is 17.7 Å². The maximum Gasteiger partial charge on any atom is 0.257 e. The first-order chi connectivity index (χ1) is 11.3. The fraction of sp³-hybridized carbons (Fsp3) is 0.400. The first kappa shape index (κ1) is 18.3. The zero-order valence-electron chi connectivity index (χ0n) is 13.6. The van der Waals surface area contributed by atoms with Crippen molar-refractivity contribution in [2.24, 2.45) is 0 Å². The molecule has 0 unspecified atom stereocenters. The summed E-state index contributed by atoms with van der Waals surface area (Å²) in [4.78, 5) is 12.2. The van der Waals surface area contributed by atoms with Crippen molar-refractivity contribution in [1.29, 1.82) is 0 Å². The minimum Gasteiger partial charge on any atom is -0.491 e. The van der Waals surface area contributed by atoms with Gasteiger partial charge in [-0.15, -0.1) is 10.2 Å². The number of anilines is 1. The van der Waals surface area contributed by atoms with Gasteiger partial charge in [-0.1, -0.05) is 18.3 Å². The Bertz CT molecular complexity index is 798. The standard InChI is InChI=1S/C15H19N3O4S2/c1-4-9-24(20,21)15-18-17-14(23-15)16-13(19)11-5-7-12(8-6-11)22-10(2)3/h5-8,10H,4,9H2,1-3H3,(H,16,17,19). The molecule has 130 valence electrons. The molecule has 2 aromatic rings. The van der Waals surface area contributed by atoms with E-state index in [2.05, 4.69) is 15.5 Å². The number of benzene rings is 1. The number of carbonyl (C=O) groups excluding carboxylic acids is 1. The molecular weight excluding hydrogens is 350 g/mol. The smallest absolute Gasteiger partial charge is 0.257 e. The summed E-state index contributed by atoms with van der Waals surface area (Å²) in [5.74, 6) is 0.291. The molecule has 0 bridgehead atoms. The zero-order chi connectivity index (χ0) is 17.7. The molecule has 0 spiro atoms. The Kier molecular flexibility index (Phi) is 5.89. The van der Waals surface area contributed by atoms with Crippen LogP contribution in [0.15, 0.2) is 28.6 Å². The maximum absolute atomic E-state index is 12.2. The molecule has 0 saturated carbocycles. The summed E-state index contributed by atoms with van der Waals surface area (Å²) in [7, 11) is -3.43. The molecule has 0 aliphatic rings. The summed E-state index contributed by atoms with van der Waals surface area (Å²) in [6.07, 6.45) is 0.545. The SMILES string of the molecule is CCCS(=O)(=O)c1nnc(NC(=O)c2ccc(OC(C)C)cc2)s1. The van der Waals surface area contributed by atoms with E-state index in [9.17, 15) is 13.2 Å². The van der Waals surface area contributed by atoms with Crippen molar-refractivity contribution in [1.82, 2.24) is 10.2 Å². The molecule has 7 nitrogen and oxygen atoms in total. The Labute approximate surface area is 145 Å². The monoisotopic (exact) mass is 369 g/mol. The summed E-state index contributed by atoms with van der Waals surface area (Å²) >= 11 is 0.848. The third kappa shape index (κ3) is 4.75. The lowest BCUT2D eigenvalue weighted by Gasteiger charge is -2.09. The van der Waals surface area contributed by atoms with Crippen LogP contribution in [-0.2, 0) is 9.84 Å². The van der Waals surface area contributed by atoms with Gasteiger partial charge in [-0.25, -0.2) is 8.42 Å². The first-order valence-electron chi connectivity index (χ1n) is 7.46. The van der Waals surface area contributed by atoms with Crippen LogP contribution in [0, 0.1) is 0 Å². The Morgan fingerprint density at radius 1 is 1.25 bits per heavy atom. The van der Waals surface area contributed by atoms with E-state index < -0.39 is 9.84 Å². The van der Waals surface area contributed by atoms with Crippen molar-refractivity contribution in [3.05, 3.63) is 29.8 Å². The molecule has 1 heterocycles. The highest BCUT2D eigenvalue weighted by atomic mass is 32.2. The molecule has 1 aromatic carbocycles. The van der Waals surface area contributed by atoms with Crippen LogP contribution in [-0.4, -0.2) is 36.4 Å². The number of rotatable bonds is 7. The van der Waals surface area contributed by atoms with Gasteiger partial charge in [0.1, 0.15) is 5.75 Å². The van der Waals surface area contributed by atoms with Crippen molar-refractivity contribution >= 4 is 32.2 Å². The molecule has 1 aromatic heterocycles. The lowest BCUT2D eigenvalue weighted by atomic mass is 10.2. The quantitative estimate of drug-likeness (QED) is 0.754. The van der Waals surface area contributed by atoms with Gasteiger partial charge in [0.25, 0.3) is 5.91 Å². The molecule has 0 aliphatic carbocycles. The third-order valence-electron chi connectivity index (χ3n) is 2.85. The van der Waals surface area contributed by atoms with Crippen molar-refractivity contribution in [3.63, 3.8) is 0 Å². The predicted octanol–water partition coefficient (Wildman–Crippen LogP) is 2.76. The third-order valence-corrected chi connectivity index (χ3v) is 6.06. The molecule has 0 atom stereocenters. The minimum atomic E-state index is -3.43. The van der Waals surface area contributed by atoms with Gasteiger partial charge in [-0.05, 0) is 44.5 Å². The summed E-state index contributed by atoms with van der Waals surface area (Å²) in [6, 6.07) is 6.66. The Hall–Kier alpha value is -2.00. The van der Waals surface area contributed by atoms with E-state index in [-0.39, 0.29) is 27.2 Å². The molecule has 24 heavy (non-hydrogen) atoms. The lowest BCUT2D eigenvalue weighted by molar-refractivity contribution is 0.102. The maximum atomic E-state index is 12.2. The number of hydrogen-bond acceptors (Lipinski definition) is 7. The lowest BCUT2D eigenvalue weighted by Crippen LogP contribution is -2.12. The van der Waals surface area contributed by atoms with Gasteiger partial charge in [0.15, 0.2) is 0 Å². The molecule has 0 fully saturated rings. The summed E-state index contributed by atoms with van der Waals surface area (Å²) in [5.41, 5.74) is 0.416. The van der Waals surface area contributed by atoms with Gasteiger partial charge < -0.3 is 4.74 Å². The van der Waals surface area contributed by atoms with Crippen LogP contribution in [0.2, 0.25) is 0 Å². The molecule has 9 heteroatoms. The van der Waals surface area contributed by atoms with Gasteiger partial charge in [0.05, 0.1) is 11.9 Å². The van der Waals surface area contributed by atoms with Crippen LogP contribution in [0.3, 0.4) is 0 Å². The van der Waals surface area contributed by atoms with E-state index in [1.807, 2.05) is 13.8 Å². The van der Waals surface area contributed by atoms with E-state index in [0.717, 1.165) is 11.3 Å². The number of ether oxygens (including phenoxy) is 1. The summed E-state index contributed by atoms with van der Waals surface area (Å²) in [5, 5.41) is 10.1. The Morgan fingerprint density at radius 2 is 1.92 bits per heavy atom. The molecule has 2 rings (SSSR count). The molecule has 0 aliphatic heterocycles. The minimum absolute atomic E-state index is 0.00684.